The number of halogens is 3. The molecule has 122 valence electrons. The molecule has 1 aliphatic rings. The Morgan fingerprint density at radius 3 is 2.50 bits per heavy atom. The lowest BCUT2D eigenvalue weighted by molar-refractivity contribution is -0.166. The second-order valence-electron chi connectivity index (χ2n) is 5.98. The molecule has 1 heterocycles. The van der Waals surface area contributed by atoms with E-state index in [2.05, 4.69) is 0 Å². The fourth-order valence-corrected chi connectivity index (χ4v) is 3.75. The summed E-state index contributed by atoms with van der Waals surface area (Å²) in [6.07, 6.45) is -3.88. The first-order chi connectivity index (χ1) is 10.2. The maximum Gasteiger partial charge on any atom is 0.406 e. The zero-order valence-electron chi connectivity index (χ0n) is 12.9. The highest BCUT2D eigenvalue weighted by molar-refractivity contribution is 8.01. The molecular weight excluding hydrogens is 311 g/mol. The highest BCUT2D eigenvalue weighted by Crippen LogP contribution is 2.38. The monoisotopic (exact) mass is 331 g/mol. The van der Waals surface area contributed by atoms with E-state index in [1.54, 1.807) is 6.92 Å². The molecule has 0 saturated heterocycles. The van der Waals surface area contributed by atoms with Gasteiger partial charge < -0.3 is 4.90 Å². The van der Waals surface area contributed by atoms with Crippen molar-refractivity contribution >= 4 is 17.7 Å². The minimum atomic E-state index is -4.38. The number of nitrogens with zero attached hydrogens (tertiary/aromatic N) is 1. The van der Waals surface area contributed by atoms with Crippen LogP contribution in [-0.2, 0) is 11.2 Å². The van der Waals surface area contributed by atoms with Gasteiger partial charge in [-0.15, -0.1) is 11.8 Å². The van der Waals surface area contributed by atoms with E-state index in [0.29, 0.717) is 6.42 Å². The van der Waals surface area contributed by atoms with Crippen molar-refractivity contribution in [2.75, 3.05) is 6.54 Å². The Hall–Kier alpha value is -1.17. The van der Waals surface area contributed by atoms with Crippen LogP contribution in [0.5, 0.6) is 0 Å². The molecule has 0 radical (unpaired) electrons. The van der Waals surface area contributed by atoms with E-state index in [4.69, 9.17) is 0 Å². The maximum absolute atomic E-state index is 12.8. The largest absolute Gasteiger partial charge is 0.406 e. The molecule has 0 fully saturated rings. The van der Waals surface area contributed by atoms with Gasteiger partial charge in [0.1, 0.15) is 6.54 Å². The van der Waals surface area contributed by atoms with Crippen molar-refractivity contribution in [1.82, 2.24) is 4.90 Å². The third-order valence-corrected chi connectivity index (χ3v) is 5.32. The molecule has 2 atom stereocenters. The van der Waals surface area contributed by atoms with Gasteiger partial charge >= 0.3 is 6.18 Å². The third kappa shape index (κ3) is 3.97. The van der Waals surface area contributed by atoms with E-state index in [0.717, 1.165) is 15.4 Å². The molecule has 2 nitrogen and oxygen atoms in total. The summed E-state index contributed by atoms with van der Waals surface area (Å²) in [6, 6.07) is 7.15. The fraction of sp³-hybridized carbons (Fsp3) is 0.562. The molecular formula is C16H20F3NOS. The van der Waals surface area contributed by atoms with Crippen LogP contribution in [0.15, 0.2) is 29.2 Å². The molecule has 0 bridgehead atoms. The Bertz CT molecular complexity index is 519. The number of fused-ring (bicyclic) bond motifs is 1. The number of amides is 1. The SMILES string of the molecule is CC(C)C(C)N(CC(F)(F)F)C(=O)C1Cc2ccccc2S1. The van der Waals surface area contributed by atoms with Crippen molar-refractivity contribution in [2.45, 2.75) is 49.6 Å². The summed E-state index contributed by atoms with van der Waals surface area (Å²) < 4.78 is 38.5. The first-order valence-corrected chi connectivity index (χ1v) is 8.19. The van der Waals surface area contributed by atoms with Gasteiger partial charge in [0.25, 0.3) is 0 Å². The molecule has 1 aromatic rings. The minimum Gasteiger partial charge on any atom is -0.330 e. The Labute approximate surface area is 133 Å². The topological polar surface area (TPSA) is 20.3 Å². The van der Waals surface area contributed by atoms with Crippen LogP contribution in [0.2, 0.25) is 0 Å². The molecule has 1 aliphatic heterocycles. The van der Waals surface area contributed by atoms with E-state index in [-0.39, 0.29) is 5.92 Å². The first-order valence-electron chi connectivity index (χ1n) is 7.31. The van der Waals surface area contributed by atoms with Crippen molar-refractivity contribution in [3.8, 4) is 0 Å². The van der Waals surface area contributed by atoms with Gasteiger partial charge in [-0.1, -0.05) is 32.0 Å². The van der Waals surface area contributed by atoms with Crippen molar-refractivity contribution in [3.63, 3.8) is 0 Å². The van der Waals surface area contributed by atoms with Crippen molar-refractivity contribution in [2.24, 2.45) is 5.92 Å². The van der Waals surface area contributed by atoms with Gasteiger partial charge in [0.05, 0.1) is 5.25 Å². The van der Waals surface area contributed by atoms with Crippen LogP contribution in [0.25, 0.3) is 0 Å². The summed E-state index contributed by atoms with van der Waals surface area (Å²) in [6.45, 7) is 4.16. The lowest BCUT2D eigenvalue weighted by Crippen LogP contribution is -2.49. The molecule has 0 aromatic heterocycles. The number of thioether (sulfide) groups is 1. The minimum absolute atomic E-state index is 0.0277. The molecule has 0 aliphatic carbocycles. The normalized spacial score (nSPS) is 19.1. The standard InChI is InChI=1S/C16H20F3NOS/c1-10(2)11(3)20(9-16(17,18)19)15(21)14-8-12-6-4-5-7-13(12)22-14/h4-7,10-11,14H,8-9H2,1-3H3. The second-order valence-corrected chi connectivity index (χ2v) is 7.23. The van der Waals surface area contributed by atoms with Gasteiger partial charge in [0.2, 0.25) is 5.91 Å². The molecule has 0 saturated carbocycles. The number of rotatable bonds is 4. The van der Waals surface area contributed by atoms with Gasteiger partial charge in [-0.3, -0.25) is 4.79 Å². The Kier molecular flexibility index (Phi) is 5.10. The highest BCUT2D eigenvalue weighted by Gasteiger charge is 2.40. The van der Waals surface area contributed by atoms with Gasteiger partial charge in [0, 0.05) is 10.9 Å². The van der Waals surface area contributed by atoms with E-state index in [1.807, 2.05) is 38.1 Å². The summed E-state index contributed by atoms with van der Waals surface area (Å²) in [5.41, 5.74) is 1.04. The number of carbonyl (C=O) groups is 1. The molecule has 0 N–H and O–H groups in total. The molecule has 0 spiro atoms. The Morgan fingerprint density at radius 2 is 1.95 bits per heavy atom. The maximum atomic E-state index is 12.8. The Morgan fingerprint density at radius 1 is 1.32 bits per heavy atom. The molecule has 2 rings (SSSR count). The molecule has 22 heavy (non-hydrogen) atoms. The molecule has 1 amide bonds. The average molecular weight is 331 g/mol. The number of benzene rings is 1. The predicted molar refractivity (Wildman–Crippen MR) is 81.9 cm³/mol. The molecule has 6 heteroatoms. The smallest absolute Gasteiger partial charge is 0.330 e. The average Bonchev–Trinajstić information content (AvgIpc) is 2.86. The van der Waals surface area contributed by atoms with Crippen molar-refractivity contribution in [3.05, 3.63) is 29.8 Å². The summed E-state index contributed by atoms with van der Waals surface area (Å²) in [5, 5.41) is -0.457. The lowest BCUT2D eigenvalue weighted by Gasteiger charge is -2.34. The van der Waals surface area contributed by atoms with Crippen molar-refractivity contribution < 1.29 is 18.0 Å². The van der Waals surface area contributed by atoms with Crippen LogP contribution >= 0.6 is 11.8 Å². The third-order valence-electron chi connectivity index (χ3n) is 4.01. The Balaban J connectivity index is 2.16. The second kappa shape index (κ2) is 6.52. The summed E-state index contributed by atoms with van der Waals surface area (Å²) in [4.78, 5) is 14.6. The van der Waals surface area contributed by atoms with Crippen LogP contribution in [0, 0.1) is 5.92 Å². The van der Waals surface area contributed by atoms with E-state index in [1.165, 1.54) is 11.8 Å². The van der Waals surface area contributed by atoms with E-state index < -0.39 is 29.9 Å². The summed E-state index contributed by atoms with van der Waals surface area (Å²) >= 11 is 1.37. The number of hydrogen-bond donors (Lipinski definition) is 0. The van der Waals surface area contributed by atoms with Gasteiger partial charge in [0.15, 0.2) is 0 Å². The molecule has 1 aromatic carbocycles. The lowest BCUT2D eigenvalue weighted by atomic mass is 10.0. The van der Waals surface area contributed by atoms with E-state index in [9.17, 15) is 18.0 Å². The van der Waals surface area contributed by atoms with Gasteiger partial charge in [-0.25, -0.2) is 0 Å². The number of alkyl halides is 3. The summed E-state index contributed by atoms with van der Waals surface area (Å²) in [7, 11) is 0. The van der Waals surface area contributed by atoms with Crippen LogP contribution in [0.4, 0.5) is 13.2 Å². The van der Waals surface area contributed by atoms with Gasteiger partial charge in [-0.2, -0.15) is 13.2 Å². The van der Waals surface area contributed by atoms with Crippen molar-refractivity contribution in [1.29, 1.82) is 0 Å². The van der Waals surface area contributed by atoms with Gasteiger partial charge in [-0.05, 0) is 30.9 Å². The molecule has 2 unspecified atom stereocenters. The summed E-state index contributed by atoms with van der Waals surface area (Å²) in [5.74, 6) is -0.445. The van der Waals surface area contributed by atoms with E-state index >= 15 is 0 Å². The van der Waals surface area contributed by atoms with Crippen LogP contribution < -0.4 is 0 Å². The number of hydrogen-bond acceptors (Lipinski definition) is 2. The zero-order valence-corrected chi connectivity index (χ0v) is 13.7. The zero-order chi connectivity index (χ0) is 16.5. The fourth-order valence-electron chi connectivity index (χ4n) is 2.48. The predicted octanol–water partition coefficient (Wildman–Crippen LogP) is 4.14. The van der Waals surface area contributed by atoms with Crippen LogP contribution in [0.1, 0.15) is 26.3 Å². The highest BCUT2D eigenvalue weighted by atomic mass is 32.2. The number of carbonyl (C=O) groups excluding carboxylic acids is 1. The quantitative estimate of drug-likeness (QED) is 0.826. The first kappa shape index (κ1) is 17.2. The van der Waals surface area contributed by atoms with Crippen LogP contribution in [-0.4, -0.2) is 34.8 Å². The van der Waals surface area contributed by atoms with Crippen LogP contribution in [0.3, 0.4) is 0 Å².